The summed E-state index contributed by atoms with van der Waals surface area (Å²) in [5, 5.41) is 8.31. The fraction of sp³-hybridized carbons (Fsp3) is 0.160. The molecule has 0 aromatic heterocycles. The van der Waals surface area contributed by atoms with Crippen LogP contribution in [0.1, 0.15) is 21.5 Å². The Morgan fingerprint density at radius 2 is 1.28 bits per heavy atom. The zero-order chi connectivity index (χ0) is 22.9. The Balaban J connectivity index is 1.55. The van der Waals surface area contributed by atoms with E-state index in [1.54, 1.807) is 30.6 Å². The molecule has 0 aliphatic heterocycles. The van der Waals surface area contributed by atoms with E-state index in [-0.39, 0.29) is 5.91 Å². The predicted octanol–water partition coefficient (Wildman–Crippen LogP) is 4.03. The number of carbonyl (C=O) groups is 1. The second-order valence-electron chi connectivity index (χ2n) is 7.62. The van der Waals surface area contributed by atoms with Crippen LogP contribution in [-0.4, -0.2) is 46.5 Å². The highest BCUT2D eigenvalue weighted by Crippen LogP contribution is 2.13. The van der Waals surface area contributed by atoms with Crippen LogP contribution >= 0.6 is 0 Å². The van der Waals surface area contributed by atoms with Gasteiger partial charge in [0.1, 0.15) is 0 Å². The maximum atomic E-state index is 12.4. The van der Waals surface area contributed by atoms with Crippen LogP contribution in [0.3, 0.4) is 0 Å². The molecule has 7 heteroatoms. The largest absolute Gasteiger partial charge is 0.378 e. The Labute approximate surface area is 189 Å². The van der Waals surface area contributed by atoms with Gasteiger partial charge in [-0.25, -0.2) is 5.43 Å². The highest BCUT2D eigenvalue weighted by atomic mass is 16.2. The smallest absolute Gasteiger partial charge is 0.271 e. The topological polar surface area (TPSA) is 72.3 Å². The molecule has 0 saturated carbocycles. The molecule has 3 aromatic carbocycles. The lowest BCUT2D eigenvalue weighted by molar-refractivity contribution is 0.0955. The zero-order valence-electron chi connectivity index (χ0n) is 18.8. The van der Waals surface area contributed by atoms with Crippen LogP contribution in [0.5, 0.6) is 0 Å². The second kappa shape index (κ2) is 10.8. The molecule has 32 heavy (non-hydrogen) atoms. The highest BCUT2D eigenvalue weighted by Gasteiger charge is 2.05. The summed E-state index contributed by atoms with van der Waals surface area (Å²) in [7, 11) is 7.98. The summed E-state index contributed by atoms with van der Waals surface area (Å²) < 4.78 is 0. The van der Waals surface area contributed by atoms with Crippen molar-refractivity contribution in [2.45, 2.75) is 0 Å². The van der Waals surface area contributed by atoms with Gasteiger partial charge in [-0.3, -0.25) is 10.2 Å². The molecule has 0 heterocycles. The first kappa shape index (κ1) is 22.6. The first-order valence-corrected chi connectivity index (χ1v) is 10.2. The summed E-state index contributed by atoms with van der Waals surface area (Å²) in [5.41, 5.74) is 10.8. The molecule has 0 atom stereocenters. The van der Waals surface area contributed by atoms with Crippen LogP contribution in [0.4, 0.5) is 17.1 Å². The Morgan fingerprint density at radius 1 is 0.750 bits per heavy atom. The van der Waals surface area contributed by atoms with Crippen LogP contribution in [0, 0.1) is 0 Å². The SMILES string of the molecule is CN(C)c1ccc(/C=N/NC(=O)c2cccc(N/N=C/c3ccc(N(C)C)cc3)c2)cc1. The minimum Gasteiger partial charge on any atom is -0.378 e. The molecule has 0 fully saturated rings. The number of carbonyl (C=O) groups excluding carboxylic acids is 1. The fourth-order valence-electron chi connectivity index (χ4n) is 2.86. The minimum atomic E-state index is -0.293. The van der Waals surface area contributed by atoms with E-state index in [2.05, 4.69) is 21.1 Å². The third kappa shape index (κ3) is 6.43. The summed E-state index contributed by atoms with van der Waals surface area (Å²) in [6.07, 6.45) is 3.35. The van der Waals surface area contributed by atoms with Crippen molar-refractivity contribution in [1.82, 2.24) is 5.43 Å². The zero-order valence-corrected chi connectivity index (χ0v) is 18.8. The van der Waals surface area contributed by atoms with Gasteiger partial charge in [-0.2, -0.15) is 10.2 Å². The van der Waals surface area contributed by atoms with Gasteiger partial charge >= 0.3 is 0 Å². The molecule has 2 N–H and O–H groups in total. The van der Waals surface area contributed by atoms with Crippen molar-refractivity contribution in [3.05, 3.63) is 89.5 Å². The number of anilines is 3. The van der Waals surface area contributed by atoms with Crippen LogP contribution in [0.15, 0.2) is 83.0 Å². The van der Waals surface area contributed by atoms with E-state index in [9.17, 15) is 4.79 Å². The van der Waals surface area contributed by atoms with Gasteiger partial charge in [-0.15, -0.1) is 0 Å². The maximum absolute atomic E-state index is 12.4. The van der Waals surface area contributed by atoms with Crippen molar-refractivity contribution in [3.8, 4) is 0 Å². The van der Waals surface area contributed by atoms with Gasteiger partial charge in [0.25, 0.3) is 5.91 Å². The number of hydrogen-bond acceptors (Lipinski definition) is 6. The maximum Gasteiger partial charge on any atom is 0.271 e. The molecule has 0 spiro atoms. The monoisotopic (exact) mass is 428 g/mol. The number of nitrogens with zero attached hydrogens (tertiary/aromatic N) is 4. The number of hydrazone groups is 2. The van der Waals surface area contributed by atoms with Crippen molar-refractivity contribution in [2.75, 3.05) is 43.4 Å². The van der Waals surface area contributed by atoms with Gasteiger partial charge in [0.05, 0.1) is 18.1 Å². The Hall–Kier alpha value is -4.13. The number of hydrogen-bond donors (Lipinski definition) is 2. The first-order valence-electron chi connectivity index (χ1n) is 10.2. The summed E-state index contributed by atoms with van der Waals surface area (Å²) in [4.78, 5) is 16.5. The van der Waals surface area contributed by atoms with Crippen molar-refractivity contribution < 1.29 is 4.79 Å². The number of benzene rings is 3. The van der Waals surface area contributed by atoms with Crippen molar-refractivity contribution in [3.63, 3.8) is 0 Å². The normalized spacial score (nSPS) is 11.0. The number of nitrogens with one attached hydrogen (secondary N) is 2. The summed E-state index contributed by atoms with van der Waals surface area (Å²) in [5.74, 6) is -0.293. The highest BCUT2D eigenvalue weighted by molar-refractivity contribution is 5.95. The third-order valence-electron chi connectivity index (χ3n) is 4.73. The molecule has 1 amide bonds. The van der Waals surface area contributed by atoms with Gasteiger partial charge < -0.3 is 9.80 Å². The number of amides is 1. The van der Waals surface area contributed by atoms with E-state index in [0.717, 1.165) is 22.5 Å². The van der Waals surface area contributed by atoms with Crippen LogP contribution in [-0.2, 0) is 0 Å². The van der Waals surface area contributed by atoms with Crippen LogP contribution in [0.25, 0.3) is 0 Å². The van der Waals surface area contributed by atoms with Crippen LogP contribution in [0.2, 0.25) is 0 Å². The molecule has 0 bridgehead atoms. The van der Waals surface area contributed by atoms with E-state index in [1.807, 2.05) is 92.6 Å². The fourth-order valence-corrected chi connectivity index (χ4v) is 2.86. The summed E-state index contributed by atoms with van der Waals surface area (Å²) in [6.45, 7) is 0. The Morgan fingerprint density at radius 3 is 1.81 bits per heavy atom. The van der Waals surface area contributed by atoms with Gasteiger partial charge in [0, 0.05) is 45.1 Å². The molecular formula is C25H28N6O. The van der Waals surface area contributed by atoms with E-state index in [4.69, 9.17) is 0 Å². The molecule has 0 unspecified atom stereocenters. The van der Waals surface area contributed by atoms with E-state index < -0.39 is 0 Å². The quantitative estimate of drug-likeness (QED) is 0.420. The molecule has 0 saturated heterocycles. The van der Waals surface area contributed by atoms with E-state index in [1.165, 1.54) is 0 Å². The van der Waals surface area contributed by atoms with E-state index >= 15 is 0 Å². The Bertz CT molecular complexity index is 1090. The van der Waals surface area contributed by atoms with E-state index in [0.29, 0.717) is 11.3 Å². The van der Waals surface area contributed by atoms with Crippen molar-refractivity contribution in [2.24, 2.45) is 10.2 Å². The average molecular weight is 429 g/mol. The average Bonchev–Trinajstić information content (AvgIpc) is 2.80. The van der Waals surface area contributed by atoms with Gasteiger partial charge in [0.2, 0.25) is 0 Å². The predicted molar refractivity (Wildman–Crippen MR) is 134 cm³/mol. The minimum absolute atomic E-state index is 0.293. The van der Waals surface area contributed by atoms with Crippen molar-refractivity contribution in [1.29, 1.82) is 0 Å². The summed E-state index contributed by atoms with van der Waals surface area (Å²) >= 11 is 0. The molecular weight excluding hydrogens is 400 g/mol. The first-order chi connectivity index (χ1) is 15.4. The van der Waals surface area contributed by atoms with Crippen molar-refractivity contribution >= 4 is 35.4 Å². The molecule has 3 aromatic rings. The summed E-state index contributed by atoms with van der Waals surface area (Å²) in [6, 6.07) is 23.0. The van der Waals surface area contributed by atoms with Gasteiger partial charge in [0.15, 0.2) is 0 Å². The molecule has 3 rings (SSSR count). The molecule has 0 aliphatic rings. The number of rotatable bonds is 8. The molecule has 0 aliphatic carbocycles. The molecule has 7 nitrogen and oxygen atoms in total. The lowest BCUT2D eigenvalue weighted by atomic mass is 10.2. The lowest BCUT2D eigenvalue weighted by Gasteiger charge is -2.11. The molecule has 164 valence electrons. The Kier molecular flexibility index (Phi) is 7.59. The van der Waals surface area contributed by atoms with Crippen LogP contribution < -0.4 is 20.7 Å². The third-order valence-corrected chi connectivity index (χ3v) is 4.73. The lowest BCUT2D eigenvalue weighted by Crippen LogP contribution is -2.17. The van der Waals surface area contributed by atoms with Gasteiger partial charge in [-0.05, 0) is 53.6 Å². The standard InChI is InChI=1S/C25H28N6O/c1-30(2)23-12-8-19(9-13-23)17-26-28-22-7-5-6-21(16-22)25(32)29-27-18-20-10-14-24(15-11-20)31(3)4/h5-18,28H,1-4H3,(H,29,32)/b26-17+,27-18+. The molecule has 0 radical (unpaired) electrons. The van der Waals surface area contributed by atoms with Gasteiger partial charge in [-0.1, -0.05) is 30.3 Å². The second-order valence-corrected chi connectivity index (χ2v) is 7.62.